The molecule has 2 amide bonds. The third kappa shape index (κ3) is 4.20. The molecule has 21 heavy (non-hydrogen) atoms. The van der Waals surface area contributed by atoms with Crippen LogP contribution < -0.4 is 16.4 Å². The van der Waals surface area contributed by atoms with Crippen molar-refractivity contribution in [2.45, 2.75) is 6.54 Å². The van der Waals surface area contributed by atoms with Gasteiger partial charge in [0.1, 0.15) is 0 Å². The van der Waals surface area contributed by atoms with E-state index in [1.165, 1.54) is 12.1 Å². The molecule has 0 aliphatic carbocycles. The number of non-ortho nitro benzene ring substituents is 1. The first-order valence-corrected chi connectivity index (χ1v) is 6.18. The van der Waals surface area contributed by atoms with Crippen LogP contribution in [0.1, 0.15) is 5.56 Å². The van der Waals surface area contributed by atoms with E-state index in [1.54, 1.807) is 30.3 Å². The summed E-state index contributed by atoms with van der Waals surface area (Å²) < 4.78 is 0. The molecule has 0 aliphatic rings. The molecule has 2 rings (SSSR count). The number of nitrogens with two attached hydrogens (primary N) is 1. The minimum absolute atomic E-state index is 0.0615. The van der Waals surface area contributed by atoms with Crippen molar-refractivity contribution < 1.29 is 9.72 Å². The zero-order chi connectivity index (χ0) is 15.2. The average Bonchev–Trinajstić information content (AvgIpc) is 2.45. The van der Waals surface area contributed by atoms with Gasteiger partial charge in [-0.1, -0.05) is 18.2 Å². The molecule has 0 bridgehead atoms. The van der Waals surface area contributed by atoms with Crippen LogP contribution in [-0.4, -0.2) is 11.0 Å². The standard InChI is InChI=1S/C14H14N4O3/c15-14(19)17-12-3-1-2-11(8-12)16-9-10-4-6-13(7-5-10)18(20)21/h1-8,16H,9H2,(H3,15,17,19). The largest absolute Gasteiger partial charge is 0.381 e. The van der Waals surface area contributed by atoms with E-state index in [4.69, 9.17) is 5.73 Å². The van der Waals surface area contributed by atoms with Gasteiger partial charge in [0.2, 0.25) is 0 Å². The van der Waals surface area contributed by atoms with Crippen molar-refractivity contribution in [1.82, 2.24) is 0 Å². The maximum absolute atomic E-state index is 10.8. The number of nitro groups is 1. The summed E-state index contributed by atoms with van der Waals surface area (Å²) in [5.74, 6) is 0. The van der Waals surface area contributed by atoms with Gasteiger partial charge in [-0.3, -0.25) is 10.1 Å². The summed E-state index contributed by atoms with van der Waals surface area (Å²) in [6.45, 7) is 0.512. The summed E-state index contributed by atoms with van der Waals surface area (Å²) in [4.78, 5) is 20.9. The van der Waals surface area contributed by atoms with Crippen LogP contribution in [0, 0.1) is 10.1 Å². The lowest BCUT2D eigenvalue weighted by atomic mass is 10.2. The number of rotatable bonds is 5. The van der Waals surface area contributed by atoms with Crippen LogP contribution in [0.2, 0.25) is 0 Å². The lowest BCUT2D eigenvalue weighted by molar-refractivity contribution is -0.384. The molecule has 0 radical (unpaired) electrons. The molecule has 0 spiro atoms. The number of benzene rings is 2. The number of urea groups is 1. The van der Waals surface area contributed by atoms with E-state index >= 15 is 0 Å². The summed E-state index contributed by atoms with van der Waals surface area (Å²) >= 11 is 0. The van der Waals surface area contributed by atoms with Crippen molar-refractivity contribution in [2.24, 2.45) is 5.73 Å². The smallest absolute Gasteiger partial charge is 0.316 e. The highest BCUT2D eigenvalue weighted by Crippen LogP contribution is 2.17. The molecule has 2 aromatic carbocycles. The quantitative estimate of drug-likeness (QED) is 0.579. The Labute approximate surface area is 120 Å². The maximum Gasteiger partial charge on any atom is 0.316 e. The molecule has 4 N–H and O–H groups in total. The number of hydrogen-bond acceptors (Lipinski definition) is 4. The molecule has 0 aliphatic heterocycles. The van der Waals surface area contributed by atoms with Crippen LogP contribution in [0.25, 0.3) is 0 Å². The summed E-state index contributed by atoms with van der Waals surface area (Å²) in [6.07, 6.45) is 0. The number of carbonyl (C=O) groups excluding carboxylic acids is 1. The van der Waals surface area contributed by atoms with Crippen molar-refractivity contribution in [3.63, 3.8) is 0 Å². The van der Waals surface area contributed by atoms with Gasteiger partial charge in [-0.05, 0) is 23.8 Å². The van der Waals surface area contributed by atoms with E-state index in [0.717, 1.165) is 11.3 Å². The number of carbonyl (C=O) groups is 1. The first-order chi connectivity index (χ1) is 10.0. The van der Waals surface area contributed by atoms with Gasteiger partial charge in [-0.15, -0.1) is 0 Å². The fourth-order valence-electron chi connectivity index (χ4n) is 1.79. The Morgan fingerprint density at radius 3 is 2.43 bits per heavy atom. The van der Waals surface area contributed by atoms with Gasteiger partial charge in [-0.25, -0.2) is 4.79 Å². The molecule has 0 heterocycles. The van der Waals surface area contributed by atoms with Crippen molar-refractivity contribution in [3.05, 3.63) is 64.2 Å². The van der Waals surface area contributed by atoms with Crippen LogP contribution in [0.5, 0.6) is 0 Å². The SMILES string of the molecule is NC(=O)Nc1cccc(NCc2ccc([N+](=O)[O-])cc2)c1. The van der Waals surface area contributed by atoms with Gasteiger partial charge in [0.25, 0.3) is 5.69 Å². The van der Waals surface area contributed by atoms with E-state index in [9.17, 15) is 14.9 Å². The van der Waals surface area contributed by atoms with Crippen molar-refractivity contribution >= 4 is 23.1 Å². The monoisotopic (exact) mass is 286 g/mol. The Bertz CT molecular complexity index is 656. The van der Waals surface area contributed by atoms with Crippen molar-refractivity contribution in [3.8, 4) is 0 Å². The molecule has 2 aromatic rings. The number of nitro benzene ring substituents is 1. The summed E-state index contributed by atoms with van der Waals surface area (Å²) in [6, 6.07) is 12.8. The number of anilines is 2. The van der Waals surface area contributed by atoms with Crippen LogP contribution in [-0.2, 0) is 6.54 Å². The second kappa shape index (κ2) is 6.38. The van der Waals surface area contributed by atoms with Gasteiger partial charge < -0.3 is 16.4 Å². The topological polar surface area (TPSA) is 110 Å². The summed E-state index contributed by atoms with van der Waals surface area (Å²) in [5.41, 5.74) is 7.42. The van der Waals surface area contributed by atoms with Crippen molar-refractivity contribution in [1.29, 1.82) is 0 Å². The molecule has 0 atom stereocenters. The Balaban J connectivity index is 1.99. The van der Waals surface area contributed by atoms with Gasteiger partial charge in [0.15, 0.2) is 0 Å². The molecular formula is C14H14N4O3. The minimum atomic E-state index is -0.623. The summed E-state index contributed by atoms with van der Waals surface area (Å²) in [5, 5.41) is 16.2. The van der Waals surface area contributed by atoms with E-state index in [-0.39, 0.29) is 5.69 Å². The van der Waals surface area contributed by atoms with Crippen molar-refractivity contribution in [2.75, 3.05) is 10.6 Å². The van der Waals surface area contributed by atoms with E-state index < -0.39 is 11.0 Å². The molecule has 0 unspecified atom stereocenters. The molecule has 0 saturated heterocycles. The van der Waals surface area contributed by atoms with Gasteiger partial charge in [0.05, 0.1) is 4.92 Å². The Morgan fingerprint density at radius 1 is 1.14 bits per heavy atom. The minimum Gasteiger partial charge on any atom is -0.381 e. The van der Waals surface area contributed by atoms with E-state index in [0.29, 0.717) is 12.2 Å². The second-order valence-electron chi connectivity index (χ2n) is 4.35. The molecule has 0 aromatic heterocycles. The van der Waals surface area contributed by atoms with Gasteiger partial charge in [0, 0.05) is 30.1 Å². The van der Waals surface area contributed by atoms with E-state index in [2.05, 4.69) is 10.6 Å². The third-order valence-electron chi connectivity index (χ3n) is 2.77. The Hall–Kier alpha value is -3.09. The molecule has 108 valence electrons. The van der Waals surface area contributed by atoms with Gasteiger partial charge >= 0.3 is 6.03 Å². The normalized spacial score (nSPS) is 9.90. The average molecular weight is 286 g/mol. The fourth-order valence-corrected chi connectivity index (χ4v) is 1.79. The Kier molecular flexibility index (Phi) is 4.35. The first kappa shape index (κ1) is 14.3. The Morgan fingerprint density at radius 2 is 1.81 bits per heavy atom. The zero-order valence-corrected chi connectivity index (χ0v) is 11.1. The summed E-state index contributed by atoms with van der Waals surface area (Å²) in [7, 11) is 0. The highest BCUT2D eigenvalue weighted by atomic mass is 16.6. The molecular weight excluding hydrogens is 272 g/mol. The molecule has 0 saturated carbocycles. The zero-order valence-electron chi connectivity index (χ0n) is 11.1. The maximum atomic E-state index is 10.8. The molecule has 7 nitrogen and oxygen atoms in total. The lowest BCUT2D eigenvalue weighted by Gasteiger charge is -2.08. The third-order valence-corrected chi connectivity index (χ3v) is 2.77. The first-order valence-electron chi connectivity index (χ1n) is 6.18. The highest BCUT2D eigenvalue weighted by Gasteiger charge is 2.04. The highest BCUT2D eigenvalue weighted by molar-refractivity contribution is 5.88. The molecule has 0 fully saturated rings. The predicted octanol–water partition coefficient (Wildman–Crippen LogP) is 2.70. The number of primary amides is 1. The van der Waals surface area contributed by atoms with Crippen LogP contribution in [0.4, 0.5) is 21.9 Å². The van der Waals surface area contributed by atoms with Crippen LogP contribution in [0.3, 0.4) is 0 Å². The second-order valence-corrected chi connectivity index (χ2v) is 4.35. The van der Waals surface area contributed by atoms with E-state index in [1.807, 2.05) is 6.07 Å². The van der Waals surface area contributed by atoms with Crippen LogP contribution in [0.15, 0.2) is 48.5 Å². The number of nitrogens with zero attached hydrogens (tertiary/aromatic N) is 1. The predicted molar refractivity (Wildman–Crippen MR) is 80.1 cm³/mol. The molecule has 7 heteroatoms. The number of amides is 2. The number of nitrogens with one attached hydrogen (secondary N) is 2. The lowest BCUT2D eigenvalue weighted by Crippen LogP contribution is -2.19. The van der Waals surface area contributed by atoms with Gasteiger partial charge in [-0.2, -0.15) is 0 Å². The van der Waals surface area contributed by atoms with Crippen LogP contribution >= 0.6 is 0 Å². The fraction of sp³-hybridized carbons (Fsp3) is 0.0714. The number of hydrogen-bond donors (Lipinski definition) is 3.